The van der Waals surface area contributed by atoms with E-state index in [0.717, 1.165) is 37.2 Å². The molecule has 7 nitrogen and oxygen atoms in total. The second-order valence-corrected chi connectivity index (χ2v) is 4.80. The Balaban J connectivity index is 0.00000161. The van der Waals surface area contributed by atoms with Gasteiger partial charge >= 0.3 is 0 Å². The van der Waals surface area contributed by atoms with Gasteiger partial charge in [0.25, 0.3) is 0 Å². The van der Waals surface area contributed by atoms with E-state index in [1.165, 1.54) is 6.33 Å². The van der Waals surface area contributed by atoms with E-state index >= 15 is 0 Å². The summed E-state index contributed by atoms with van der Waals surface area (Å²) in [4.78, 5) is 12.1. The van der Waals surface area contributed by atoms with Gasteiger partial charge in [-0.1, -0.05) is 12.5 Å². The predicted octanol–water partition coefficient (Wildman–Crippen LogP) is 1.16. The number of halogens is 1. The third-order valence-corrected chi connectivity index (χ3v) is 3.35. The molecule has 0 radical (unpaired) electrons. The molecule has 1 aliphatic rings. The Labute approximate surface area is 128 Å². The van der Waals surface area contributed by atoms with Crippen LogP contribution in [-0.4, -0.2) is 38.7 Å². The Hall–Kier alpha value is -1.99. The van der Waals surface area contributed by atoms with Gasteiger partial charge in [0.15, 0.2) is 0 Å². The van der Waals surface area contributed by atoms with Gasteiger partial charge in [-0.25, -0.2) is 4.68 Å². The lowest BCUT2D eigenvalue weighted by Crippen LogP contribution is -2.43. The van der Waals surface area contributed by atoms with Crippen LogP contribution in [0.5, 0.6) is 0 Å². The third kappa shape index (κ3) is 3.77. The molecule has 2 aromatic rings. The average Bonchev–Trinajstić information content (AvgIpc) is 3.03. The van der Waals surface area contributed by atoms with Gasteiger partial charge in [-0.05, 0) is 48.0 Å². The Morgan fingerprint density at radius 2 is 2.29 bits per heavy atom. The number of anilines is 1. The normalized spacial score (nSPS) is 17.8. The Kier molecular flexibility index (Phi) is 5.24. The van der Waals surface area contributed by atoms with Crippen LogP contribution in [0.1, 0.15) is 19.3 Å². The number of carbonyl (C=O) groups excluding carboxylic acids is 1. The van der Waals surface area contributed by atoms with Crippen molar-refractivity contribution in [2.45, 2.75) is 25.3 Å². The van der Waals surface area contributed by atoms with Gasteiger partial charge in [0.1, 0.15) is 6.33 Å². The average molecular weight is 309 g/mol. The number of amides is 1. The molecule has 112 valence electrons. The van der Waals surface area contributed by atoms with Crippen molar-refractivity contribution in [1.82, 2.24) is 25.5 Å². The van der Waals surface area contributed by atoms with Crippen molar-refractivity contribution in [3.05, 3.63) is 30.6 Å². The van der Waals surface area contributed by atoms with E-state index in [-0.39, 0.29) is 24.4 Å². The van der Waals surface area contributed by atoms with E-state index in [9.17, 15) is 4.79 Å². The molecule has 0 aliphatic carbocycles. The number of hydrogen-bond donors (Lipinski definition) is 2. The van der Waals surface area contributed by atoms with Crippen molar-refractivity contribution in [3.63, 3.8) is 0 Å². The van der Waals surface area contributed by atoms with Crippen LogP contribution in [0.3, 0.4) is 0 Å². The van der Waals surface area contributed by atoms with Crippen LogP contribution in [0.25, 0.3) is 5.69 Å². The summed E-state index contributed by atoms with van der Waals surface area (Å²) in [6.45, 7) is 0.906. The molecule has 0 spiro atoms. The van der Waals surface area contributed by atoms with Crippen molar-refractivity contribution in [2.24, 2.45) is 0 Å². The van der Waals surface area contributed by atoms with Crippen LogP contribution < -0.4 is 10.6 Å². The number of nitrogens with zero attached hydrogens (tertiary/aromatic N) is 4. The SMILES string of the molecule is Cl.O=C(Nc1cccc(-n2cnnn2)c1)C1CCCCN1. The zero-order chi connectivity index (χ0) is 13.8. The Morgan fingerprint density at radius 3 is 3.00 bits per heavy atom. The fourth-order valence-electron chi connectivity index (χ4n) is 2.31. The maximum absolute atomic E-state index is 12.1. The molecular weight excluding hydrogens is 292 g/mol. The molecule has 8 heteroatoms. The van der Waals surface area contributed by atoms with E-state index in [2.05, 4.69) is 26.2 Å². The molecule has 3 rings (SSSR count). The second-order valence-electron chi connectivity index (χ2n) is 4.80. The topological polar surface area (TPSA) is 84.7 Å². The zero-order valence-electron chi connectivity index (χ0n) is 11.4. The number of hydrogen-bond acceptors (Lipinski definition) is 5. The highest BCUT2D eigenvalue weighted by molar-refractivity contribution is 5.95. The minimum Gasteiger partial charge on any atom is -0.325 e. The van der Waals surface area contributed by atoms with Crippen molar-refractivity contribution in [2.75, 3.05) is 11.9 Å². The molecule has 1 aromatic carbocycles. The fourth-order valence-corrected chi connectivity index (χ4v) is 2.31. The highest BCUT2D eigenvalue weighted by Crippen LogP contribution is 2.15. The first-order chi connectivity index (χ1) is 9.83. The minimum atomic E-state index is -0.0968. The van der Waals surface area contributed by atoms with E-state index in [0.29, 0.717) is 0 Å². The predicted molar refractivity (Wildman–Crippen MR) is 80.7 cm³/mol. The van der Waals surface area contributed by atoms with Crippen molar-refractivity contribution < 1.29 is 4.79 Å². The number of tetrazole rings is 1. The molecular formula is C13H17ClN6O. The zero-order valence-corrected chi connectivity index (χ0v) is 12.2. The summed E-state index contributed by atoms with van der Waals surface area (Å²) in [5, 5.41) is 17.2. The van der Waals surface area contributed by atoms with Crippen LogP contribution in [0.4, 0.5) is 5.69 Å². The highest BCUT2D eigenvalue weighted by Gasteiger charge is 2.20. The Morgan fingerprint density at radius 1 is 1.38 bits per heavy atom. The molecule has 1 amide bonds. The number of piperidine rings is 1. The molecule has 0 saturated carbocycles. The molecule has 1 aliphatic heterocycles. The number of nitrogens with one attached hydrogen (secondary N) is 2. The van der Waals surface area contributed by atoms with E-state index in [1.54, 1.807) is 4.68 Å². The summed E-state index contributed by atoms with van der Waals surface area (Å²) in [6.07, 6.45) is 4.64. The molecule has 1 fully saturated rings. The monoisotopic (exact) mass is 308 g/mol. The maximum atomic E-state index is 12.1. The Bertz CT molecular complexity index is 582. The van der Waals surface area contributed by atoms with Crippen LogP contribution in [-0.2, 0) is 4.79 Å². The molecule has 1 atom stereocenters. The molecule has 1 saturated heterocycles. The first-order valence-electron chi connectivity index (χ1n) is 6.70. The quantitative estimate of drug-likeness (QED) is 0.889. The second kappa shape index (κ2) is 7.14. The lowest BCUT2D eigenvalue weighted by Gasteiger charge is -2.22. The van der Waals surface area contributed by atoms with Gasteiger partial charge in [0.2, 0.25) is 5.91 Å². The van der Waals surface area contributed by atoms with Crippen molar-refractivity contribution in [1.29, 1.82) is 0 Å². The summed E-state index contributed by atoms with van der Waals surface area (Å²) >= 11 is 0. The number of carbonyl (C=O) groups is 1. The minimum absolute atomic E-state index is 0. The van der Waals surface area contributed by atoms with Crippen molar-refractivity contribution in [3.8, 4) is 5.69 Å². The number of aromatic nitrogens is 4. The molecule has 2 N–H and O–H groups in total. The van der Waals surface area contributed by atoms with Gasteiger partial charge in [-0.2, -0.15) is 0 Å². The molecule has 2 heterocycles. The molecule has 21 heavy (non-hydrogen) atoms. The third-order valence-electron chi connectivity index (χ3n) is 3.35. The summed E-state index contributed by atoms with van der Waals surface area (Å²) in [7, 11) is 0. The van der Waals surface area contributed by atoms with Gasteiger partial charge in [-0.15, -0.1) is 17.5 Å². The van der Waals surface area contributed by atoms with Gasteiger partial charge < -0.3 is 10.6 Å². The van der Waals surface area contributed by atoms with Gasteiger partial charge in [0.05, 0.1) is 11.7 Å². The maximum Gasteiger partial charge on any atom is 0.241 e. The summed E-state index contributed by atoms with van der Waals surface area (Å²) < 4.78 is 1.55. The lowest BCUT2D eigenvalue weighted by atomic mass is 10.0. The summed E-state index contributed by atoms with van der Waals surface area (Å²) in [6, 6.07) is 7.35. The standard InChI is InChI=1S/C13H16N6O.ClH/c20-13(12-6-1-2-7-14-12)16-10-4-3-5-11(8-10)19-9-15-17-18-19;/h3-5,8-9,12,14H,1-2,6-7H2,(H,16,20);1H. The summed E-state index contributed by atoms with van der Waals surface area (Å²) in [5.74, 6) is 0.0126. The summed E-state index contributed by atoms with van der Waals surface area (Å²) in [5.41, 5.74) is 1.56. The van der Waals surface area contributed by atoms with Crippen LogP contribution in [0.15, 0.2) is 30.6 Å². The largest absolute Gasteiger partial charge is 0.325 e. The van der Waals surface area contributed by atoms with E-state index < -0.39 is 0 Å². The molecule has 1 unspecified atom stereocenters. The lowest BCUT2D eigenvalue weighted by molar-refractivity contribution is -0.118. The van der Waals surface area contributed by atoms with Gasteiger partial charge in [0, 0.05) is 5.69 Å². The smallest absolute Gasteiger partial charge is 0.241 e. The highest BCUT2D eigenvalue weighted by atomic mass is 35.5. The number of benzene rings is 1. The first-order valence-corrected chi connectivity index (χ1v) is 6.70. The molecule has 1 aromatic heterocycles. The van der Waals surface area contributed by atoms with Crippen LogP contribution in [0.2, 0.25) is 0 Å². The van der Waals surface area contributed by atoms with E-state index in [4.69, 9.17) is 0 Å². The van der Waals surface area contributed by atoms with Crippen LogP contribution >= 0.6 is 12.4 Å². The molecule has 0 bridgehead atoms. The van der Waals surface area contributed by atoms with Crippen molar-refractivity contribution >= 4 is 24.0 Å². The first kappa shape index (κ1) is 15.4. The van der Waals surface area contributed by atoms with Gasteiger partial charge in [-0.3, -0.25) is 4.79 Å². The fraction of sp³-hybridized carbons (Fsp3) is 0.385. The number of rotatable bonds is 3. The van der Waals surface area contributed by atoms with E-state index in [1.807, 2.05) is 24.3 Å². The van der Waals surface area contributed by atoms with Crippen LogP contribution in [0, 0.1) is 0 Å².